The summed E-state index contributed by atoms with van der Waals surface area (Å²) < 4.78 is 10.9. The van der Waals surface area contributed by atoms with Crippen LogP contribution in [0.2, 0.25) is 0 Å². The van der Waals surface area contributed by atoms with Gasteiger partial charge >= 0.3 is 0 Å². The summed E-state index contributed by atoms with van der Waals surface area (Å²) in [7, 11) is 0. The summed E-state index contributed by atoms with van der Waals surface area (Å²) in [5, 5.41) is 0. The van der Waals surface area contributed by atoms with Crippen LogP contribution in [-0.4, -0.2) is 51.0 Å². The number of nitrogens with zero attached hydrogens (tertiary/aromatic N) is 2. The Morgan fingerprint density at radius 2 is 1.76 bits per heavy atom. The molecule has 0 atom stereocenters. The number of anilines is 1. The van der Waals surface area contributed by atoms with Gasteiger partial charge in [0.2, 0.25) is 0 Å². The lowest BCUT2D eigenvalue weighted by atomic mass is 10.1. The molecule has 0 saturated heterocycles. The lowest BCUT2D eigenvalue weighted by Crippen LogP contribution is -2.32. The van der Waals surface area contributed by atoms with Gasteiger partial charge in [0.05, 0.1) is 13.2 Å². The highest BCUT2D eigenvalue weighted by atomic mass is 16.5. The lowest BCUT2D eigenvalue weighted by Gasteiger charge is -2.25. The van der Waals surface area contributed by atoms with Crippen molar-refractivity contribution in [2.24, 2.45) is 5.73 Å². The second-order valence-corrected chi connectivity index (χ2v) is 4.90. The summed E-state index contributed by atoms with van der Waals surface area (Å²) in [4.78, 5) is 6.84. The van der Waals surface area contributed by atoms with Crippen LogP contribution in [0, 0.1) is 6.92 Å². The Hall–Kier alpha value is -1.17. The van der Waals surface area contributed by atoms with E-state index in [1.54, 1.807) is 0 Å². The van der Waals surface area contributed by atoms with E-state index < -0.39 is 0 Å². The van der Waals surface area contributed by atoms with Crippen molar-refractivity contribution in [2.75, 3.05) is 51.0 Å². The summed E-state index contributed by atoms with van der Waals surface area (Å²) >= 11 is 0. The number of pyridine rings is 1. The van der Waals surface area contributed by atoms with Crippen molar-refractivity contribution < 1.29 is 9.47 Å². The minimum atomic E-state index is 0.652. The van der Waals surface area contributed by atoms with Gasteiger partial charge < -0.3 is 20.1 Å². The number of rotatable bonds is 11. The Morgan fingerprint density at radius 1 is 1.14 bits per heavy atom. The maximum absolute atomic E-state index is 5.60. The molecule has 0 aliphatic heterocycles. The fourth-order valence-electron chi connectivity index (χ4n) is 2.22. The Morgan fingerprint density at radius 3 is 2.24 bits per heavy atom. The Balaban J connectivity index is 2.74. The number of aryl methyl sites for hydroxylation is 1. The molecule has 0 bridgehead atoms. The van der Waals surface area contributed by atoms with E-state index >= 15 is 0 Å². The lowest BCUT2D eigenvalue weighted by molar-refractivity contribution is 0.141. The van der Waals surface area contributed by atoms with Crippen molar-refractivity contribution in [1.29, 1.82) is 0 Å². The Labute approximate surface area is 128 Å². The monoisotopic (exact) mass is 295 g/mol. The summed E-state index contributed by atoms with van der Waals surface area (Å²) in [6.07, 6.45) is 2.79. The average Bonchev–Trinajstić information content (AvgIpc) is 2.47. The normalized spacial score (nSPS) is 10.9. The smallest absolute Gasteiger partial charge is 0.131 e. The van der Waals surface area contributed by atoms with Gasteiger partial charge in [-0.1, -0.05) is 6.07 Å². The molecule has 0 aliphatic carbocycles. The van der Waals surface area contributed by atoms with Crippen molar-refractivity contribution in [3.63, 3.8) is 0 Å². The van der Waals surface area contributed by atoms with E-state index in [4.69, 9.17) is 15.2 Å². The molecule has 0 fully saturated rings. The van der Waals surface area contributed by atoms with Crippen molar-refractivity contribution in [1.82, 2.24) is 4.98 Å². The van der Waals surface area contributed by atoms with Crippen molar-refractivity contribution in [3.8, 4) is 0 Å². The summed E-state index contributed by atoms with van der Waals surface area (Å²) in [6, 6.07) is 2.17. The summed E-state index contributed by atoms with van der Waals surface area (Å²) in [5.74, 6) is 1.01. The van der Waals surface area contributed by atoms with Crippen molar-refractivity contribution in [2.45, 2.75) is 27.2 Å². The van der Waals surface area contributed by atoms with Crippen LogP contribution in [0.5, 0.6) is 0 Å². The van der Waals surface area contributed by atoms with E-state index in [0.29, 0.717) is 19.8 Å². The summed E-state index contributed by atoms with van der Waals surface area (Å²) in [5.41, 5.74) is 7.96. The first-order valence-electron chi connectivity index (χ1n) is 7.78. The molecule has 5 heteroatoms. The van der Waals surface area contributed by atoms with E-state index in [0.717, 1.165) is 38.5 Å². The highest BCUT2D eigenvalue weighted by Gasteiger charge is 2.11. The standard InChI is InChI=1S/C16H29N3O2/c1-4-20-10-8-19(9-11-21-5-2)16-14(3)12-15(6-7-17)13-18-16/h12-13H,4-11,17H2,1-3H3. The molecule has 120 valence electrons. The van der Waals surface area contributed by atoms with Crippen LogP contribution in [0.25, 0.3) is 0 Å². The third-order valence-corrected chi connectivity index (χ3v) is 3.26. The first-order chi connectivity index (χ1) is 10.2. The molecule has 0 aliphatic rings. The van der Waals surface area contributed by atoms with Gasteiger partial charge in [-0.05, 0) is 44.9 Å². The third-order valence-electron chi connectivity index (χ3n) is 3.26. The molecule has 0 radical (unpaired) electrons. The SMILES string of the molecule is CCOCCN(CCOCC)c1ncc(CCN)cc1C. The van der Waals surface area contributed by atoms with Crippen LogP contribution < -0.4 is 10.6 Å². The Kier molecular flexibility index (Phi) is 8.98. The number of aromatic nitrogens is 1. The molecule has 1 heterocycles. The molecule has 1 aromatic rings. The first kappa shape index (κ1) is 17.9. The molecule has 0 amide bonds. The van der Waals surface area contributed by atoms with Gasteiger partial charge in [-0.3, -0.25) is 0 Å². The second kappa shape index (κ2) is 10.5. The molecular weight excluding hydrogens is 266 g/mol. The van der Waals surface area contributed by atoms with Crippen LogP contribution in [0.15, 0.2) is 12.3 Å². The maximum Gasteiger partial charge on any atom is 0.131 e. The van der Waals surface area contributed by atoms with Gasteiger partial charge in [0.25, 0.3) is 0 Å². The predicted octanol–water partition coefficient (Wildman–Crippen LogP) is 1.77. The molecule has 2 N–H and O–H groups in total. The van der Waals surface area contributed by atoms with Gasteiger partial charge in [0, 0.05) is 32.5 Å². The minimum Gasteiger partial charge on any atom is -0.380 e. The molecule has 1 aromatic heterocycles. The molecule has 0 aromatic carbocycles. The third kappa shape index (κ3) is 6.42. The van der Waals surface area contributed by atoms with Crippen LogP contribution in [0.4, 0.5) is 5.82 Å². The topological polar surface area (TPSA) is 60.6 Å². The second-order valence-electron chi connectivity index (χ2n) is 4.90. The zero-order valence-corrected chi connectivity index (χ0v) is 13.6. The highest BCUT2D eigenvalue weighted by molar-refractivity contribution is 5.47. The van der Waals surface area contributed by atoms with E-state index in [9.17, 15) is 0 Å². The van der Waals surface area contributed by atoms with Crippen LogP contribution >= 0.6 is 0 Å². The van der Waals surface area contributed by atoms with E-state index in [1.165, 1.54) is 11.1 Å². The van der Waals surface area contributed by atoms with E-state index in [-0.39, 0.29) is 0 Å². The number of hydrogen-bond donors (Lipinski definition) is 1. The van der Waals surface area contributed by atoms with Crippen molar-refractivity contribution >= 4 is 5.82 Å². The molecule has 0 saturated carbocycles. The average molecular weight is 295 g/mol. The van der Waals surface area contributed by atoms with Crippen LogP contribution in [0.1, 0.15) is 25.0 Å². The molecule has 21 heavy (non-hydrogen) atoms. The van der Waals surface area contributed by atoms with Gasteiger partial charge in [0.15, 0.2) is 0 Å². The van der Waals surface area contributed by atoms with Gasteiger partial charge in [0.1, 0.15) is 5.82 Å². The maximum atomic E-state index is 5.60. The summed E-state index contributed by atoms with van der Waals surface area (Å²) in [6.45, 7) is 11.3. The quantitative estimate of drug-likeness (QED) is 0.630. The fourth-order valence-corrected chi connectivity index (χ4v) is 2.22. The van der Waals surface area contributed by atoms with E-state index in [1.807, 2.05) is 20.0 Å². The number of nitrogens with two attached hydrogens (primary N) is 1. The van der Waals surface area contributed by atoms with Crippen molar-refractivity contribution in [3.05, 3.63) is 23.4 Å². The predicted molar refractivity (Wildman–Crippen MR) is 86.9 cm³/mol. The Bertz CT molecular complexity index is 389. The number of ether oxygens (including phenoxy) is 2. The molecule has 1 rings (SSSR count). The molecular formula is C16H29N3O2. The largest absolute Gasteiger partial charge is 0.380 e. The molecule has 0 spiro atoms. The fraction of sp³-hybridized carbons (Fsp3) is 0.688. The van der Waals surface area contributed by atoms with Crippen LogP contribution in [-0.2, 0) is 15.9 Å². The zero-order valence-electron chi connectivity index (χ0n) is 13.6. The van der Waals surface area contributed by atoms with Gasteiger partial charge in [-0.25, -0.2) is 4.98 Å². The van der Waals surface area contributed by atoms with Crippen LogP contribution in [0.3, 0.4) is 0 Å². The molecule has 0 unspecified atom stereocenters. The van der Waals surface area contributed by atoms with Gasteiger partial charge in [-0.2, -0.15) is 0 Å². The van der Waals surface area contributed by atoms with E-state index in [2.05, 4.69) is 22.9 Å². The zero-order chi connectivity index (χ0) is 15.5. The first-order valence-corrected chi connectivity index (χ1v) is 7.78. The minimum absolute atomic E-state index is 0.652. The number of hydrogen-bond acceptors (Lipinski definition) is 5. The molecule has 5 nitrogen and oxygen atoms in total. The van der Waals surface area contributed by atoms with Gasteiger partial charge in [-0.15, -0.1) is 0 Å². The highest BCUT2D eigenvalue weighted by Crippen LogP contribution is 2.18.